The standard InChI is InChI=1S/C22H38FNO2/c1-2-3-4-5-6-7-8-9-10-11-12-13-15-20(23)17-19-24-18-14-16-21(24)22(25)26/h14,16,18,20H,2-13,15,17,19H2,1H3,(H,25,26). The smallest absolute Gasteiger partial charge is 0.352 e. The summed E-state index contributed by atoms with van der Waals surface area (Å²) in [5.74, 6) is -0.952. The Balaban J connectivity index is 1.91. The molecule has 1 aromatic heterocycles. The summed E-state index contributed by atoms with van der Waals surface area (Å²) in [6.45, 7) is 2.69. The number of rotatable bonds is 17. The van der Waals surface area contributed by atoms with E-state index in [1.54, 1.807) is 22.9 Å². The van der Waals surface area contributed by atoms with E-state index in [1.165, 1.54) is 64.2 Å². The van der Waals surface area contributed by atoms with E-state index in [0.29, 0.717) is 19.4 Å². The van der Waals surface area contributed by atoms with Gasteiger partial charge in [0.15, 0.2) is 0 Å². The van der Waals surface area contributed by atoms with Gasteiger partial charge in [0.25, 0.3) is 0 Å². The fraction of sp³-hybridized carbons (Fsp3) is 0.773. The zero-order valence-corrected chi connectivity index (χ0v) is 16.6. The predicted octanol–water partition coefficient (Wildman–Crippen LogP) is 7.01. The molecule has 0 spiro atoms. The molecule has 0 aromatic carbocycles. The lowest BCUT2D eigenvalue weighted by molar-refractivity contribution is 0.0684. The Labute approximate surface area is 159 Å². The zero-order valence-electron chi connectivity index (χ0n) is 16.6. The topological polar surface area (TPSA) is 42.2 Å². The molecule has 1 heterocycles. The molecule has 0 bridgehead atoms. The van der Waals surface area contributed by atoms with Crippen LogP contribution in [0.2, 0.25) is 0 Å². The second-order valence-corrected chi connectivity index (χ2v) is 7.46. The molecule has 26 heavy (non-hydrogen) atoms. The highest BCUT2D eigenvalue weighted by molar-refractivity contribution is 5.85. The zero-order chi connectivity index (χ0) is 19.0. The molecule has 1 N–H and O–H groups in total. The van der Waals surface area contributed by atoms with Gasteiger partial charge in [0.05, 0.1) is 0 Å². The number of carboxylic acids is 1. The maximum atomic E-state index is 14.0. The molecule has 0 aliphatic rings. The van der Waals surface area contributed by atoms with Gasteiger partial charge in [-0.2, -0.15) is 0 Å². The van der Waals surface area contributed by atoms with Crippen LogP contribution < -0.4 is 0 Å². The Hall–Kier alpha value is -1.32. The summed E-state index contributed by atoms with van der Waals surface area (Å²) in [6.07, 6.45) is 17.3. The Morgan fingerprint density at radius 2 is 1.50 bits per heavy atom. The van der Waals surface area contributed by atoms with Crippen LogP contribution in [0, 0.1) is 0 Å². The van der Waals surface area contributed by atoms with Crippen molar-refractivity contribution in [2.24, 2.45) is 0 Å². The maximum absolute atomic E-state index is 14.0. The van der Waals surface area contributed by atoms with Crippen molar-refractivity contribution in [2.45, 2.75) is 110 Å². The summed E-state index contributed by atoms with van der Waals surface area (Å²) in [4.78, 5) is 11.0. The van der Waals surface area contributed by atoms with Crippen molar-refractivity contribution in [1.82, 2.24) is 4.57 Å². The minimum absolute atomic E-state index is 0.238. The SMILES string of the molecule is CCCCCCCCCCCCCCC(F)CCn1cccc1C(=O)O. The third-order valence-corrected chi connectivity index (χ3v) is 5.10. The van der Waals surface area contributed by atoms with Gasteiger partial charge >= 0.3 is 5.97 Å². The molecule has 1 atom stereocenters. The number of hydrogen-bond acceptors (Lipinski definition) is 1. The first-order chi connectivity index (χ1) is 12.6. The number of hydrogen-bond donors (Lipinski definition) is 1. The Morgan fingerprint density at radius 3 is 2.04 bits per heavy atom. The number of halogens is 1. The maximum Gasteiger partial charge on any atom is 0.352 e. The molecule has 0 aliphatic heterocycles. The van der Waals surface area contributed by atoms with Crippen molar-refractivity contribution in [3.05, 3.63) is 24.0 Å². The first-order valence-corrected chi connectivity index (χ1v) is 10.7. The van der Waals surface area contributed by atoms with Crippen LogP contribution in [-0.2, 0) is 6.54 Å². The van der Waals surface area contributed by atoms with Crippen LogP contribution in [0.3, 0.4) is 0 Å². The van der Waals surface area contributed by atoms with E-state index in [2.05, 4.69) is 6.92 Å². The first-order valence-electron chi connectivity index (χ1n) is 10.7. The largest absolute Gasteiger partial charge is 0.477 e. The fourth-order valence-corrected chi connectivity index (χ4v) is 3.43. The van der Waals surface area contributed by atoms with Crippen LogP contribution in [0.4, 0.5) is 4.39 Å². The fourth-order valence-electron chi connectivity index (χ4n) is 3.43. The van der Waals surface area contributed by atoms with Crippen LogP contribution in [0.25, 0.3) is 0 Å². The molecule has 1 aromatic rings. The summed E-state index contributed by atoms with van der Waals surface area (Å²) < 4.78 is 15.6. The lowest BCUT2D eigenvalue weighted by Gasteiger charge is -2.10. The number of nitrogens with zero attached hydrogens (tertiary/aromatic N) is 1. The lowest BCUT2D eigenvalue weighted by atomic mass is 10.0. The van der Waals surface area contributed by atoms with E-state index < -0.39 is 12.1 Å². The lowest BCUT2D eigenvalue weighted by Crippen LogP contribution is -2.11. The Bertz CT molecular complexity index is 472. The van der Waals surface area contributed by atoms with Crippen LogP contribution in [0.15, 0.2) is 18.3 Å². The van der Waals surface area contributed by atoms with Crippen molar-refractivity contribution in [1.29, 1.82) is 0 Å². The van der Waals surface area contributed by atoms with Crippen LogP contribution in [0.1, 0.15) is 107 Å². The number of alkyl halides is 1. The average Bonchev–Trinajstić information content (AvgIpc) is 3.10. The van der Waals surface area contributed by atoms with Gasteiger partial charge < -0.3 is 9.67 Å². The number of aromatic nitrogens is 1. The van der Waals surface area contributed by atoms with E-state index >= 15 is 0 Å². The molecule has 3 nitrogen and oxygen atoms in total. The highest BCUT2D eigenvalue weighted by atomic mass is 19.1. The molecular weight excluding hydrogens is 329 g/mol. The Kier molecular flexibility index (Phi) is 12.9. The molecule has 1 rings (SSSR count). The Morgan fingerprint density at radius 1 is 0.962 bits per heavy atom. The summed E-state index contributed by atoms with van der Waals surface area (Å²) in [5, 5.41) is 9.03. The molecule has 0 saturated carbocycles. The van der Waals surface area contributed by atoms with Gasteiger partial charge in [-0.15, -0.1) is 0 Å². The molecule has 1 unspecified atom stereocenters. The van der Waals surface area contributed by atoms with Gasteiger partial charge in [0.2, 0.25) is 0 Å². The normalized spacial score (nSPS) is 12.4. The van der Waals surface area contributed by atoms with Crippen LogP contribution >= 0.6 is 0 Å². The van der Waals surface area contributed by atoms with Gasteiger partial charge in [0.1, 0.15) is 11.9 Å². The quantitative estimate of drug-likeness (QED) is 0.301. The average molecular weight is 368 g/mol. The molecular formula is C22H38FNO2. The van der Waals surface area contributed by atoms with Crippen LogP contribution in [-0.4, -0.2) is 21.8 Å². The van der Waals surface area contributed by atoms with Gasteiger partial charge in [0, 0.05) is 12.7 Å². The predicted molar refractivity (Wildman–Crippen MR) is 107 cm³/mol. The van der Waals surface area contributed by atoms with Crippen molar-refractivity contribution in [3.63, 3.8) is 0 Å². The minimum Gasteiger partial charge on any atom is -0.477 e. The van der Waals surface area contributed by atoms with Crippen molar-refractivity contribution < 1.29 is 14.3 Å². The number of carbonyl (C=O) groups is 1. The summed E-state index contributed by atoms with van der Waals surface area (Å²) in [7, 11) is 0. The van der Waals surface area contributed by atoms with Crippen molar-refractivity contribution >= 4 is 5.97 Å². The number of carboxylic acid groups (broad SMARTS) is 1. The van der Waals surface area contributed by atoms with Crippen molar-refractivity contribution in [3.8, 4) is 0 Å². The molecule has 0 saturated heterocycles. The van der Waals surface area contributed by atoms with E-state index in [1.807, 2.05) is 0 Å². The van der Waals surface area contributed by atoms with E-state index in [-0.39, 0.29) is 5.69 Å². The van der Waals surface area contributed by atoms with Gasteiger partial charge in [-0.1, -0.05) is 84.0 Å². The monoisotopic (exact) mass is 367 g/mol. The number of unbranched alkanes of at least 4 members (excludes halogenated alkanes) is 11. The molecule has 0 radical (unpaired) electrons. The summed E-state index contributed by atoms with van der Waals surface area (Å²) >= 11 is 0. The van der Waals surface area contributed by atoms with E-state index in [0.717, 1.165) is 12.8 Å². The second-order valence-electron chi connectivity index (χ2n) is 7.46. The van der Waals surface area contributed by atoms with E-state index in [4.69, 9.17) is 5.11 Å². The molecule has 0 aliphatic carbocycles. The van der Waals surface area contributed by atoms with Crippen molar-refractivity contribution in [2.75, 3.05) is 0 Å². The minimum atomic E-state index is -0.952. The van der Waals surface area contributed by atoms with Gasteiger partial charge in [-0.05, 0) is 25.0 Å². The molecule has 0 amide bonds. The second kappa shape index (κ2) is 14.8. The first kappa shape index (κ1) is 22.7. The summed E-state index contributed by atoms with van der Waals surface area (Å²) in [6, 6.07) is 3.25. The van der Waals surface area contributed by atoms with Crippen LogP contribution in [0.5, 0.6) is 0 Å². The van der Waals surface area contributed by atoms with E-state index in [9.17, 15) is 9.18 Å². The van der Waals surface area contributed by atoms with Gasteiger partial charge in [-0.25, -0.2) is 9.18 Å². The number of aromatic carboxylic acids is 1. The highest BCUT2D eigenvalue weighted by Gasteiger charge is 2.11. The highest BCUT2D eigenvalue weighted by Crippen LogP contribution is 2.15. The third kappa shape index (κ3) is 10.6. The third-order valence-electron chi connectivity index (χ3n) is 5.10. The van der Waals surface area contributed by atoms with Gasteiger partial charge in [-0.3, -0.25) is 0 Å². The molecule has 0 fully saturated rings. The molecule has 150 valence electrons. The number of aryl methyl sites for hydroxylation is 1. The molecule has 4 heteroatoms. The summed E-state index contributed by atoms with van der Waals surface area (Å²) in [5.41, 5.74) is 0.238.